The van der Waals surface area contributed by atoms with E-state index in [1.54, 1.807) is 11.3 Å². The minimum Gasteiger partial charge on any atom is -0.486 e. The Hall–Kier alpha value is -2.58. The molecule has 31 heavy (non-hydrogen) atoms. The normalized spacial score (nSPS) is 17.7. The molecule has 1 aliphatic carbocycles. The van der Waals surface area contributed by atoms with Crippen LogP contribution < -0.4 is 14.8 Å². The van der Waals surface area contributed by atoms with Gasteiger partial charge in [0.15, 0.2) is 11.5 Å². The third-order valence-electron chi connectivity index (χ3n) is 5.91. The van der Waals surface area contributed by atoms with Crippen LogP contribution in [0.2, 0.25) is 0 Å². The first-order valence-electron chi connectivity index (χ1n) is 10.9. The van der Waals surface area contributed by atoms with Crippen molar-refractivity contribution in [1.82, 2.24) is 4.90 Å². The molecule has 0 radical (unpaired) electrons. The number of carbonyl (C=O) groups is 2. The van der Waals surface area contributed by atoms with Crippen molar-refractivity contribution < 1.29 is 23.8 Å². The van der Waals surface area contributed by atoms with Gasteiger partial charge in [-0.25, -0.2) is 0 Å². The zero-order valence-electron chi connectivity index (χ0n) is 17.4. The van der Waals surface area contributed by atoms with Gasteiger partial charge in [-0.2, -0.15) is 0 Å². The summed E-state index contributed by atoms with van der Waals surface area (Å²) in [6.45, 7) is 3.35. The molecule has 0 atom stereocenters. The first-order valence-corrected chi connectivity index (χ1v) is 11.7. The second kappa shape index (κ2) is 8.88. The quantitative estimate of drug-likeness (QED) is 0.788. The Morgan fingerprint density at radius 2 is 1.77 bits per heavy atom. The number of nitrogens with one attached hydrogen (secondary N) is 1. The van der Waals surface area contributed by atoms with Gasteiger partial charge in [0.2, 0.25) is 5.91 Å². The number of fused-ring (bicyclic) bond motifs is 2. The monoisotopic (exact) mass is 442 g/mol. The number of hydrogen-bond acceptors (Lipinski definition) is 6. The van der Waals surface area contributed by atoms with Crippen LogP contribution in [0.1, 0.15) is 39.2 Å². The van der Waals surface area contributed by atoms with Crippen LogP contribution in [0.4, 0.5) is 5.00 Å². The van der Waals surface area contributed by atoms with Crippen molar-refractivity contribution >= 4 is 28.2 Å². The van der Waals surface area contributed by atoms with Gasteiger partial charge in [-0.1, -0.05) is 6.07 Å². The van der Waals surface area contributed by atoms with Crippen LogP contribution in [0.5, 0.6) is 11.5 Å². The molecule has 1 aromatic heterocycles. The number of aryl methyl sites for hydroxylation is 1. The molecule has 0 unspecified atom stereocenters. The van der Waals surface area contributed by atoms with Gasteiger partial charge in [-0.05, 0) is 48.9 Å². The molecular weight excluding hydrogens is 416 g/mol. The highest BCUT2D eigenvalue weighted by molar-refractivity contribution is 7.17. The van der Waals surface area contributed by atoms with E-state index in [9.17, 15) is 9.59 Å². The van der Waals surface area contributed by atoms with Gasteiger partial charge < -0.3 is 24.4 Å². The Morgan fingerprint density at radius 3 is 2.61 bits per heavy atom. The van der Waals surface area contributed by atoms with E-state index in [0.717, 1.165) is 36.8 Å². The molecule has 5 rings (SSSR count). The molecule has 3 heterocycles. The van der Waals surface area contributed by atoms with Crippen LogP contribution in [0.15, 0.2) is 18.2 Å². The predicted octanol–water partition coefficient (Wildman–Crippen LogP) is 3.05. The van der Waals surface area contributed by atoms with E-state index in [2.05, 4.69) is 5.32 Å². The van der Waals surface area contributed by atoms with E-state index in [0.29, 0.717) is 61.6 Å². The minimum atomic E-state index is -0.133. The Bertz CT molecular complexity index is 996. The SMILES string of the molecule is O=C(Cc1ccc2c(c1)OCCO2)Nc1sc2c(c1C(=O)N1CCOCC1)CCCC2. The summed E-state index contributed by atoms with van der Waals surface area (Å²) in [5.74, 6) is 1.26. The summed E-state index contributed by atoms with van der Waals surface area (Å²) in [6, 6.07) is 5.58. The molecule has 2 aromatic rings. The Kier molecular flexibility index (Phi) is 5.82. The number of morpholine rings is 1. The summed E-state index contributed by atoms with van der Waals surface area (Å²) in [4.78, 5) is 29.3. The zero-order valence-corrected chi connectivity index (χ0v) is 18.2. The molecule has 3 aliphatic rings. The second-order valence-corrected chi connectivity index (χ2v) is 9.13. The maximum absolute atomic E-state index is 13.3. The average Bonchev–Trinajstić information content (AvgIpc) is 3.16. The molecule has 0 saturated carbocycles. The maximum atomic E-state index is 13.3. The van der Waals surface area contributed by atoms with Crippen LogP contribution in [-0.4, -0.2) is 56.2 Å². The van der Waals surface area contributed by atoms with Gasteiger partial charge in [-0.3, -0.25) is 9.59 Å². The van der Waals surface area contributed by atoms with Crippen LogP contribution in [0.25, 0.3) is 0 Å². The van der Waals surface area contributed by atoms with E-state index >= 15 is 0 Å². The van der Waals surface area contributed by atoms with Crippen molar-refractivity contribution in [2.24, 2.45) is 0 Å². The van der Waals surface area contributed by atoms with E-state index in [4.69, 9.17) is 14.2 Å². The third-order valence-corrected chi connectivity index (χ3v) is 7.11. The molecule has 7 nitrogen and oxygen atoms in total. The Morgan fingerprint density at radius 1 is 1.00 bits per heavy atom. The molecule has 1 aromatic carbocycles. The average molecular weight is 443 g/mol. The Labute approximate surface area is 185 Å². The molecule has 0 bridgehead atoms. The van der Waals surface area contributed by atoms with Gasteiger partial charge in [0.25, 0.3) is 5.91 Å². The highest BCUT2D eigenvalue weighted by Crippen LogP contribution is 2.39. The lowest BCUT2D eigenvalue weighted by Crippen LogP contribution is -2.41. The summed E-state index contributed by atoms with van der Waals surface area (Å²) < 4.78 is 16.6. The smallest absolute Gasteiger partial charge is 0.257 e. The first kappa shape index (κ1) is 20.3. The number of nitrogens with zero attached hydrogens (tertiary/aromatic N) is 1. The fraction of sp³-hybridized carbons (Fsp3) is 0.478. The number of hydrogen-bond donors (Lipinski definition) is 1. The summed E-state index contributed by atoms with van der Waals surface area (Å²) in [7, 11) is 0. The number of thiophene rings is 1. The van der Waals surface area contributed by atoms with Gasteiger partial charge in [0, 0.05) is 18.0 Å². The van der Waals surface area contributed by atoms with Crippen molar-refractivity contribution in [2.75, 3.05) is 44.8 Å². The third kappa shape index (κ3) is 4.27. The van der Waals surface area contributed by atoms with Crippen LogP contribution in [-0.2, 0) is 28.8 Å². The number of amides is 2. The molecule has 8 heteroatoms. The van der Waals surface area contributed by atoms with Crippen molar-refractivity contribution in [3.8, 4) is 11.5 Å². The number of ether oxygens (including phenoxy) is 3. The molecule has 1 fully saturated rings. The summed E-state index contributed by atoms with van der Waals surface area (Å²) >= 11 is 1.56. The minimum absolute atomic E-state index is 0.0114. The van der Waals surface area contributed by atoms with Crippen molar-refractivity contribution in [1.29, 1.82) is 0 Å². The molecular formula is C23H26N2O5S. The number of benzene rings is 1. The van der Waals surface area contributed by atoms with Crippen molar-refractivity contribution in [3.63, 3.8) is 0 Å². The summed E-state index contributed by atoms with van der Waals surface area (Å²) in [6.07, 6.45) is 4.29. The molecule has 1 N–H and O–H groups in total. The topological polar surface area (TPSA) is 77.1 Å². The van der Waals surface area contributed by atoms with Crippen molar-refractivity contribution in [2.45, 2.75) is 32.1 Å². The van der Waals surface area contributed by atoms with E-state index < -0.39 is 0 Å². The summed E-state index contributed by atoms with van der Waals surface area (Å²) in [5, 5.41) is 3.73. The van der Waals surface area contributed by atoms with Crippen LogP contribution in [0.3, 0.4) is 0 Å². The van der Waals surface area contributed by atoms with Gasteiger partial charge in [0.1, 0.15) is 18.2 Å². The van der Waals surface area contributed by atoms with E-state index in [-0.39, 0.29) is 18.2 Å². The fourth-order valence-corrected chi connectivity index (χ4v) is 5.66. The lowest BCUT2D eigenvalue weighted by molar-refractivity contribution is -0.115. The molecule has 2 aliphatic heterocycles. The largest absolute Gasteiger partial charge is 0.486 e. The number of anilines is 1. The molecule has 1 saturated heterocycles. The van der Waals surface area contributed by atoms with Crippen LogP contribution in [0, 0.1) is 0 Å². The standard InChI is InChI=1S/C23H26N2O5S/c26-20(14-15-5-6-17-18(13-15)30-12-11-29-17)24-22-21(16-3-1-2-4-19(16)31-22)23(27)25-7-9-28-10-8-25/h5-6,13H,1-4,7-12,14H2,(H,24,26). The maximum Gasteiger partial charge on any atom is 0.257 e. The highest BCUT2D eigenvalue weighted by atomic mass is 32.1. The predicted molar refractivity (Wildman–Crippen MR) is 117 cm³/mol. The Balaban J connectivity index is 1.36. The zero-order chi connectivity index (χ0) is 21.2. The van der Waals surface area contributed by atoms with Gasteiger partial charge in [-0.15, -0.1) is 11.3 Å². The van der Waals surface area contributed by atoms with Crippen LogP contribution >= 0.6 is 11.3 Å². The second-order valence-electron chi connectivity index (χ2n) is 8.02. The highest BCUT2D eigenvalue weighted by Gasteiger charge is 2.30. The summed E-state index contributed by atoms with van der Waals surface area (Å²) in [5.41, 5.74) is 2.67. The fourth-order valence-electron chi connectivity index (χ4n) is 4.36. The number of rotatable bonds is 4. The molecule has 164 valence electrons. The lowest BCUT2D eigenvalue weighted by Gasteiger charge is -2.27. The molecule has 0 spiro atoms. The van der Waals surface area contributed by atoms with Crippen molar-refractivity contribution in [3.05, 3.63) is 39.8 Å². The first-order chi connectivity index (χ1) is 15.2. The lowest BCUT2D eigenvalue weighted by atomic mass is 9.95. The van der Waals surface area contributed by atoms with E-state index in [1.807, 2.05) is 23.1 Å². The van der Waals surface area contributed by atoms with Gasteiger partial charge >= 0.3 is 0 Å². The van der Waals surface area contributed by atoms with Gasteiger partial charge in [0.05, 0.1) is 25.2 Å². The number of carbonyl (C=O) groups excluding carboxylic acids is 2. The molecule has 2 amide bonds. The van der Waals surface area contributed by atoms with E-state index in [1.165, 1.54) is 4.88 Å².